The Morgan fingerprint density at radius 3 is 2.59 bits per heavy atom. The molecular weight excluding hydrogens is 284 g/mol. The Morgan fingerprint density at radius 1 is 1.14 bits per heavy atom. The van der Waals surface area contributed by atoms with Crippen molar-refractivity contribution < 1.29 is 14.7 Å². The van der Waals surface area contributed by atoms with Crippen LogP contribution in [0.15, 0.2) is 35.1 Å². The maximum absolute atomic E-state index is 12.2. The van der Waals surface area contributed by atoms with Crippen LogP contribution < -0.4 is 10.9 Å². The first-order valence-electron chi connectivity index (χ1n) is 6.94. The topological polar surface area (TPSA) is 99.3 Å². The van der Waals surface area contributed by atoms with Gasteiger partial charge in [0.1, 0.15) is 11.3 Å². The van der Waals surface area contributed by atoms with Gasteiger partial charge in [0.15, 0.2) is 5.78 Å². The molecule has 1 aliphatic carbocycles. The van der Waals surface area contributed by atoms with Crippen LogP contribution in [0, 0.1) is 0 Å². The number of anilines is 1. The number of benzene rings is 1. The van der Waals surface area contributed by atoms with Crippen molar-refractivity contribution in [2.75, 3.05) is 5.32 Å². The van der Waals surface area contributed by atoms with Crippen LogP contribution in [0.1, 0.15) is 39.3 Å². The molecule has 3 N–H and O–H groups in total. The number of fused-ring (bicyclic) bond motifs is 1. The Balaban J connectivity index is 1.92. The lowest BCUT2D eigenvalue weighted by Gasteiger charge is -2.15. The van der Waals surface area contributed by atoms with Gasteiger partial charge in [-0.15, -0.1) is 0 Å². The van der Waals surface area contributed by atoms with Crippen LogP contribution >= 0.6 is 0 Å². The third-order valence-electron chi connectivity index (χ3n) is 3.62. The number of ketones is 1. The molecule has 0 spiro atoms. The maximum atomic E-state index is 12.2. The molecule has 0 saturated carbocycles. The van der Waals surface area contributed by atoms with Crippen molar-refractivity contribution in [2.45, 2.75) is 19.3 Å². The molecule has 3 rings (SSSR count). The van der Waals surface area contributed by atoms with Gasteiger partial charge in [0.05, 0.1) is 0 Å². The Bertz CT molecular complexity index is 806. The minimum atomic E-state index is -0.590. The summed E-state index contributed by atoms with van der Waals surface area (Å²) in [6.07, 6.45) is 1.77. The Hall–Kier alpha value is -2.89. The van der Waals surface area contributed by atoms with Gasteiger partial charge in [0, 0.05) is 23.4 Å². The van der Waals surface area contributed by atoms with Crippen LogP contribution in [-0.4, -0.2) is 21.8 Å². The number of H-pyrrole nitrogens is 1. The van der Waals surface area contributed by atoms with Gasteiger partial charge in [-0.1, -0.05) is 0 Å². The quantitative estimate of drug-likeness (QED) is 0.737. The van der Waals surface area contributed by atoms with Gasteiger partial charge in [-0.3, -0.25) is 14.4 Å². The molecule has 112 valence electrons. The molecular formula is C16H14N2O4. The number of phenols is 1. The molecule has 0 unspecified atom stereocenters. The molecule has 0 radical (unpaired) electrons. The smallest absolute Gasteiger partial charge is 0.261 e. The summed E-state index contributed by atoms with van der Waals surface area (Å²) < 4.78 is 0. The van der Waals surface area contributed by atoms with Crippen LogP contribution in [0.5, 0.6) is 5.75 Å². The highest BCUT2D eigenvalue weighted by Gasteiger charge is 2.22. The lowest BCUT2D eigenvalue weighted by Crippen LogP contribution is -2.27. The monoisotopic (exact) mass is 298 g/mol. The van der Waals surface area contributed by atoms with Gasteiger partial charge < -0.3 is 15.4 Å². The fourth-order valence-electron chi connectivity index (χ4n) is 2.49. The van der Waals surface area contributed by atoms with Crippen LogP contribution in [0.2, 0.25) is 0 Å². The molecule has 6 heteroatoms. The van der Waals surface area contributed by atoms with Crippen LogP contribution in [0.3, 0.4) is 0 Å². The summed E-state index contributed by atoms with van der Waals surface area (Å²) in [5.74, 6) is -0.570. The standard InChI is InChI=1S/C16H14N2O4/c19-10-6-4-9(5-7-10)17-15(21)12-8-11-13(18-16(12)22)2-1-3-14(11)20/h4-8,19H,1-3H2,(H,17,21)(H,18,22). The van der Waals surface area contributed by atoms with Crippen LogP contribution in [0.4, 0.5) is 5.69 Å². The molecule has 1 aromatic heterocycles. The van der Waals surface area contributed by atoms with Crippen molar-refractivity contribution in [1.29, 1.82) is 0 Å². The zero-order valence-corrected chi connectivity index (χ0v) is 11.7. The van der Waals surface area contributed by atoms with Gasteiger partial charge in [0.2, 0.25) is 0 Å². The lowest BCUT2D eigenvalue weighted by atomic mass is 9.93. The molecule has 6 nitrogen and oxygen atoms in total. The van der Waals surface area contributed by atoms with E-state index in [-0.39, 0.29) is 17.1 Å². The summed E-state index contributed by atoms with van der Waals surface area (Å²) in [5, 5.41) is 11.8. The number of carbonyl (C=O) groups is 2. The number of aromatic hydroxyl groups is 1. The first kappa shape index (κ1) is 14.1. The second-order valence-electron chi connectivity index (χ2n) is 5.18. The largest absolute Gasteiger partial charge is 0.508 e. The number of amides is 1. The second-order valence-corrected chi connectivity index (χ2v) is 5.18. The fourth-order valence-corrected chi connectivity index (χ4v) is 2.49. The van der Waals surface area contributed by atoms with E-state index in [0.717, 1.165) is 0 Å². The number of Topliss-reactive ketones (excluding diaryl/α,β-unsaturated/α-hetero) is 1. The molecule has 0 fully saturated rings. The van der Waals surface area contributed by atoms with E-state index in [2.05, 4.69) is 10.3 Å². The average Bonchev–Trinajstić information content (AvgIpc) is 2.49. The van der Waals surface area contributed by atoms with E-state index in [1.54, 1.807) is 0 Å². The van der Waals surface area contributed by atoms with E-state index in [1.807, 2.05) is 0 Å². The SMILES string of the molecule is O=C1CCCc2[nH]c(=O)c(C(=O)Nc3ccc(O)cc3)cc21. The number of nitrogens with one attached hydrogen (secondary N) is 2. The van der Waals surface area contributed by atoms with Crippen LogP contribution in [0.25, 0.3) is 0 Å². The molecule has 1 amide bonds. The van der Waals surface area contributed by atoms with Crippen LogP contribution in [-0.2, 0) is 6.42 Å². The number of hydrogen-bond acceptors (Lipinski definition) is 4. The minimum Gasteiger partial charge on any atom is -0.508 e. The number of phenolic OH excluding ortho intramolecular Hbond substituents is 1. The summed E-state index contributed by atoms with van der Waals surface area (Å²) in [6.45, 7) is 0. The molecule has 1 heterocycles. The second kappa shape index (κ2) is 5.48. The van der Waals surface area contributed by atoms with Crippen molar-refractivity contribution in [3.8, 4) is 5.75 Å². The highest BCUT2D eigenvalue weighted by Crippen LogP contribution is 2.19. The minimum absolute atomic E-state index is 0.0591. The molecule has 0 bridgehead atoms. The third-order valence-corrected chi connectivity index (χ3v) is 3.62. The number of pyridine rings is 1. The molecule has 1 aliphatic rings. The summed E-state index contributed by atoms with van der Waals surface area (Å²) in [7, 11) is 0. The summed E-state index contributed by atoms with van der Waals surface area (Å²) in [5.41, 5.74) is 0.863. The highest BCUT2D eigenvalue weighted by atomic mass is 16.3. The Morgan fingerprint density at radius 2 is 1.86 bits per heavy atom. The highest BCUT2D eigenvalue weighted by molar-refractivity contribution is 6.06. The summed E-state index contributed by atoms with van der Waals surface area (Å²) in [6, 6.07) is 7.26. The zero-order valence-electron chi connectivity index (χ0n) is 11.7. The number of aromatic nitrogens is 1. The first-order valence-corrected chi connectivity index (χ1v) is 6.94. The number of aryl methyl sites for hydroxylation is 1. The van der Waals surface area contributed by atoms with Crippen molar-refractivity contribution in [2.24, 2.45) is 0 Å². The molecule has 0 atom stereocenters. The van der Waals surface area contributed by atoms with E-state index < -0.39 is 11.5 Å². The van der Waals surface area contributed by atoms with Gasteiger partial charge in [0.25, 0.3) is 11.5 Å². The maximum Gasteiger partial charge on any atom is 0.261 e. The zero-order chi connectivity index (χ0) is 15.7. The first-order chi connectivity index (χ1) is 10.5. The van der Waals surface area contributed by atoms with Crippen molar-refractivity contribution in [3.05, 3.63) is 57.5 Å². The van der Waals surface area contributed by atoms with Crippen molar-refractivity contribution in [3.63, 3.8) is 0 Å². The van der Waals surface area contributed by atoms with E-state index in [0.29, 0.717) is 36.2 Å². The number of carbonyl (C=O) groups excluding carboxylic acids is 2. The van der Waals surface area contributed by atoms with Gasteiger partial charge in [-0.05, 0) is 43.2 Å². The van der Waals surface area contributed by atoms with E-state index >= 15 is 0 Å². The van der Waals surface area contributed by atoms with E-state index in [1.165, 1.54) is 30.3 Å². The normalized spacial score (nSPS) is 13.5. The summed E-state index contributed by atoms with van der Waals surface area (Å²) >= 11 is 0. The Kier molecular flexibility index (Phi) is 3.50. The summed E-state index contributed by atoms with van der Waals surface area (Å²) in [4.78, 5) is 38.7. The van der Waals surface area contributed by atoms with Crippen molar-refractivity contribution in [1.82, 2.24) is 4.98 Å². The molecule has 0 saturated heterocycles. The van der Waals surface area contributed by atoms with Crippen molar-refractivity contribution >= 4 is 17.4 Å². The predicted molar refractivity (Wildman–Crippen MR) is 80.4 cm³/mol. The lowest BCUT2D eigenvalue weighted by molar-refractivity contribution is 0.0971. The molecule has 0 aliphatic heterocycles. The fraction of sp³-hybridized carbons (Fsp3) is 0.188. The average molecular weight is 298 g/mol. The number of hydrogen-bond donors (Lipinski definition) is 3. The van der Waals surface area contributed by atoms with Gasteiger partial charge >= 0.3 is 0 Å². The molecule has 2 aromatic rings. The van der Waals surface area contributed by atoms with Gasteiger partial charge in [-0.25, -0.2) is 0 Å². The number of rotatable bonds is 2. The Labute approximate surface area is 125 Å². The van der Waals surface area contributed by atoms with E-state index in [4.69, 9.17) is 0 Å². The van der Waals surface area contributed by atoms with E-state index in [9.17, 15) is 19.5 Å². The third kappa shape index (κ3) is 2.63. The molecule has 22 heavy (non-hydrogen) atoms. The molecule has 1 aromatic carbocycles. The predicted octanol–water partition coefficient (Wildman–Crippen LogP) is 1.85. The number of aromatic amines is 1. The van der Waals surface area contributed by atoms with Gasteiger partial charge in [-0.2, -0.15) is 0 Å².